The first-order valence-corrected chi connectivity index (χ1v) is 7.98. The number of hydrogen-bond acceptors (Lipinski definition) is 2. The van der Waals surface area contributed by atoms with E-state index in [1.807, 2.05) is 36.1 Å². The van der Waals surface area contributed by atoms with Crippen LogP contribution in [0.4, 0.5) is 5.69 Å². The number of carbonyl (C=O) groups excluding carboxylic acids is 2. The summed E-state index contributed by atoms with van der Waals surface area (Å²) in [6, 6.07) is 7.61. The van der Waals surface area contributed by atoms with Crippen LogP contribution in [-0.2, 0) is 9.59 Å². The van der Waals surface area contributed by atoms with Gasteiger partial charge in [-0.2, -0.15) is 0 Å². The van der Waals surface area contributed by atoms with E-state index in [4.69, 9.17) is 0 Å². The minimum absolute atomic E-state index is 0.0794. The van der Waals surface area contributed by atoms with Gasteiger partial charge < -0.3 is 10.2 Å². The summed E-state index contributed by atoms with van der Waals surface area (Å²) in [5.74, 6) is 0.180. The summed E-state index contributed by atoms with van der Waals surface area (Å²) in [4.78, 5) is 27.1. The van der Waals surface area contributed by atoms with Crippen LogP contribution in [0.25, 0.3) is 0 Å². The molecule has 0 bridgehead atoms. The molecule has 0 aliphatic carbocycles. The largest absolute Gasteiger partial charge is 0.342 e. The zero-order valence-electron chi connectivity index (χ0n) is 14.0. The highest BCUT2D eigenvalue weighted by molar-refractivity contribution is 6.09. The molecule has 0 spiro atoms. The van der Waals surface area contributed by atoms with Gasteiger partial charge >= 0.3 is 0 Å². The van der Waals surface area contributed by atoms with Crippen LogP contribution in [0.3, 0.4) is 0 Å². The maximum atomic E-state index is 12.7. The van der Waals surface area contributed by atoms with E-state index in [-0.39, 0.29) is 11.8 Å². The molecule has 4 nitrogen and oxygen atoms in total. The molecule has 1 aliphatic heterocycles. The van der Waals surface area contributed by atoms with E-state index in [0.29, 0.717) is 5.92 Å². The molecule has 1 heterocycles. The van der Waals surface area contributed by atoms with E-state index in [9.17, 15) is 9.59 Å². The number of piperidine rings is 1. The van der Waals surface area contributed by atoms with Gasteiger partial charge in [0.25, 0.3) is 0 Å². The van der Waals surface area contributed by atoms with Crippen LogP contribution in [0.2, 0.25) is 0 Å². The molecule has 1 N–H and O–H groups in total. The molecule has 1 saturated heterocycles. The first-order valence-electron chi connectivity index (χ1n) is 7.98. The van der Waals surface area contributed by atoms with Gasteiger partial charge in [-0.05, 0) is 57.2 Å². The monoisotopic (exact) mass is 302 g/mol. The highest BCUT2D eigenvalue weighted by Crippen LogP contribution is 2.25. The molecular formula is C18H26N2O2. The Bertz CT molecular complexity index is 566. The van der Waals surface area contributed by atoms with Gasteiger partial charge in [0.15, 0.2) is 0 Å². The second-order valence-electron chi connectivity index (χ2n) is 6.95. The Morgan fingerprint density at radius 3 is 2.68 bits per heavy atom. The molecule has 120 valence electrons. The fourth-order valence-corrected chi connectivity index (χ4v) is 2.88. The number of likely N-dealkylation sites (tertiary alicyclic amines) is 1. The SMILES string of the molecule is Cc1cccc(NC(=O)C(C)(C)C(=O)N2CCCC(C)C2)c1. The van der Waals surface area contributed by atoms with Crippen molar-refractivity contribution < 1.29 is 9.59 Å². The third-order valence-corrected chi connectivity index (χ3v) is 4.32. The van der Waals surface area contributed by atoms with E-state index < -0.39 is 5.41 Å². The van der Waals surface area contributed by atoms with Crippen LogP contribution in [0.15, 0.2) is 24.3 Å². The molecule has 1 aromatic carbocycles. The number of anilines is 1. The summed E-state index contributed by atoms with van der Waals surface area (Å²) < 4.78 is 0. The van der Waals surface area contributed by atoms with Crippen molar-refractivity contribution in [3.8, 4) is 0 Å². The van der Waals surface area contributed by atoms with Gasteiger partial charge in [0, 0.05) is 18.8 Å². The highest BCUT2D eigenvalue weighted by Gasteiger charge is 2.40. The lowest BCUT2D eigenvalue weighted by Gasteiger charge is -2.36. The van der Waals surface area contributed by atoms with Gasteiger partial charge in [0.1, 0.15) is 5.41 Å². The molecule has 0 saturated carbocycles. The summed E-state index contributed by atoms with van der Waals surface area (Å²) in [5, 5.41) is 2.87. The smallest absolute Gasteiger partial charge is 0.239 e. The third-order valence-electron chi connectivity index (χ3n) is 4.32. The zero-order valence-corrected chi connectivity index (χ0v) is 14.0. The van der Waals surface area contributed by atoms with Crippen molar-refractivity contribution in [3.63, 3.8) is 0 Å². The average Bonchev–Trinajstić information content (AvgIpc) is 2.46. The number of hydrogen-bond donors (Lipinski definition) is 1. The number of benzene rings is 1. The van der Waals surface area contributed by atoms with E-state index in [1.54, 1.807) is 13.8 Å². The normalized spacial score (nSPS) is 18.9. The lowest BCUT2D eigenvalue weighted by molar-refractivity contribution is -0.147. The Balaban J connectivity index is 2.07. The van der Waals surface area contributed by atoms with Crippen molar-refractivity contribution in [2.24, 2.45) is 11.3 Å². The molecule has 0 radical (unpaired) electrons. The summed E-state index contributed by atoms with van der Waals surface area (Å²) in [7, 11) is 0. The average molecular weight is 302 g/mol. The molecule has 22 heavy (non-hydrogen) atoms. The molecule has 1 fully saturated rings. The van der Waals surface area contributed by atoms with Crippen LogP contribution >= 0.6 is 0 Å². The second kappa shape index (κ2) is 6.51. The van der Waals surface area contributed by atoms with E-state index in [2.05, 4.69) is 12.2 Å². The fraction of sp³-hybridized carbons (Fsp3) is 0.556. The molecule has 2 amide bonds. The first kappa shape index (κ1) is 16.5. The first-order chi connectivity index (χ1) is 10.3. The predicted octanol–water partition coefficient (Wildman–Crippen LogP) is 3.22. The van der Waals surface area contributed by atoms with Crippen molar-refractivity contribution in [2.45, 2.75) is 40.5 Å². The Kier molecular flexibility index (Phi) is 4.89. The van der Waals surface area contributed by atoms with Crippen LogP contribution < -0.4 is 5.32 Å². The highest BCUT2D eigenvalue weighted by atomic mass is 16.2. The van der Waals surface area contributed by atoms with Crippen LogP contribution in [0.5, 0.6) is 0 Å². The van der Waals surface area contributed by atoms with Crippen LogP contribution in [0.1, 0.15) is 39.2 Å². The van der Waals surface area contributed by atoms with Crippen molar-refractivity contribution in [3.05, 3.63) is 29.8 Å². The van der Waals surface area contributed by atoms with Gasteiger partial charge in [-0.1, -0.05) is 19.1 Å². The standard InChI is InChI=1S/C18H26N2O2/c1-13-7-5-9-15(11-13)19-16(21)18(3,4)17(22)20-10-6-8-14(2)12-20/h5,7,9,11,14H,6,8,10,12H2,1-4H3,(H,19,21). The number of nitrogens with one attached hydrogen (secondary N) is 1. The molecule has 4 heteroatoms. The Morgan fingerprint density at radius 1 is 1.32 bits per heavy atom. The minimum Gasteiger partial charge on any atom is -0.342 e. The van der Waals surface area contributed by atoms with E-state index in [1.165, 1.54) is 0 Å². The second-order valence-corrected chi connectivity index (χ2v) is 6.95. The molecule has 1 atom stereocenters. The number of rotatable bonds is 3. The maximum Gasteiger partial charge on any atom is 0.239 e. The van der Waals surface area contributed by atoms with Gasteiger partial charge in [0.05, 0.1) is 0 Å². The van der Waals surface area contributed by atoms with Gasteiger partial charge in [0.2, 0.25) is 11.8 Å². The summed E-state index contributed by atoms with van der Waals surface area (Å²) >= 11 is 0. The fourth-order valence-electron chi connectivity index (χ4n) is 2.88. The van der Waals surface area contributed by atoms with Crippen molar-refractivity contribution in [1.82, 2.24) is 4.90 Å². The quantitative estimate of drug-likeness (QED) is 0.872. The Hall–Kier alpha value is -1.84. The lowest BCUT2D eigenvalue weighted by atomic mass is 9.88. The van der Waals surface area contributed by atoms with Crippen molar-refractivity contribution in [2.75, 3.05) is 18.4 Å². The predicted molar refractivity (Wildman–Crippen MR) is 88.6 cm³/mol. The van der Waals surface area contributed by atoms with Gasteiger partial charge in [-0.15, -0.1) is 0 Å². The third kappa shape index (κ3) is 3.67. The Labute approximate surface area is 132 Å². The number of aryl methyl sites for hydroxylation is 1. The molecular weight excluding hydrogens is 276 g/mol. The maximum absolute atomic E-state index is 12.7. The lowest BCUT2D eigenvalue weighted by Crippen LogP contribution is -2.50. The van der Waals surface area contributed by atoms with E-state index >= 15 is 0 Å². The molecule has 1 unspecified atom stereocenters. The summed E-state index contributed by atoms with van der Waals surface area (Å²) in [6.07, 6.45) is 2.17. The topological polar surface area (TPSA) is 49.4 Å². The number of nitrogens with zero attached hydrogens (tertiary/aromatic N) is 1. The van der Waals surface area contributed by atoms with Gasteiger partial charge in [-0.3, -0.25) is 9.59 Å². The molecule has 1 aliphatic rings. The van der Waals surface area contributed by atoms with Crippen LogP contribution in [0, 0.1) is 18.3 Å². The van der Waals surface area contributed by atoms with Crippen molar-refractivity contribution in [1.29, 1.82) is 0 Å². The molecule has 1 aromatic rings. The summed E-state index contributed by atoms with van der Waals surface area (Å²) in [6.45, 7) is 9.05. The van der Waals surface area contributed by atoms with Crippen molar-refractivity contribution >= 4 is 17.5 Å². The molecule has 2 rings (SSSR count). The number of amides is 2. The minimum atomic E-state index is -1.05. The van der Waals surface area contributed by atoms with E-state index in [0.717, 1.165) is 37.2 Å². The Morgan fingerprint density at radius 2 is 2.05 bits per heavy atom. The zero-order chi connectivity index (χ0) is 16.3. The van der Waals surface area contributed by atoms with Gasteiger partial charge in [-0.25, -0.2) is 0 Å². The summed E-state index contributed by atoms with van der Waals surface area (Å²) in [5.41, 5.74) is 0.755. The number of carbonyl (C=O) groups is 2. The molecule has 0 aromatic heterocycles. The van der Waals surface area contributed by atoms with Crippen LogP contribution in [-0.4, -0.2) is 29.8 Å².